The van der Waals surface area contributed by atoms with E-state index < -0.39 is 0 Å². The van der Waals surface area contributed by atoms with Crippen LogP contribution in [-0.4, -0.2) is 63.2 Å². The van der Waals surface area contributed by atoms with Gasteiger partial charge in [0.05, 0.1) is 25.4 Å². The fraction of sp³-hybridized carbons (Fsp3) is 0.931. The summed E-state index contributed by atoms with van der Waals surface area (Å²) in [5.41, 5.74) is 2.79. The van der Waals surface area contributed by atoms with Crippen molar-refractivity contribution in [2.24, 2.45) is 46.3 Å². The van der Waals surface area contributed by atoms with Gasteiger partial charge >= 0.3 is 0 Å². The Morgan fingerprint density at radius 3 is 1.92 bits per heavy atom. The van der Waals surface area contributed by atoms with Gasteiger partial charge in [0.2, 0.25) is 0 Å². The molecule has 1 heterocycles. The van der Waals surface area contributed by atoms with Gasteiger partial charge in [0.15, 0.2) is 0 Å². The number of rotatable bonds is 34. The molecule has 0 unspecified atom stereocenters. The largest absolute Gasteiger partial charge is 0.380 e. The Bertz CT molecular complexity index is 1220. The van der Waals surface area contributed by atoms with Gasteiger partial charge in [-0.05, 0) is 169 Å². The third kappa shape index (κ3) is 16.6. The van der Waals surface area contributed by atoms with E-state index in [1.165, 1.54) is 206 Å². The maximum atomic E-state index is 6.62. The molecule has 5 aliphatic rings. The van der Waals surface area contributed by atoms with Gasteiger partial charge in [-0.15, -0.1) is 0 Å². The number of likely N-dealkylation sites (tertiary alicyclic amines) is 1. The number of ether oxygens (including phenoxy) is 3. The summed E-state index contributed by atoms with van der Waals surface area (Å²) in [6, 6.07) is 0.425. The molecule has 0 aromatic carbocycles. The van der Waals surface area contributed by atoms with E-state index in [4.69, 9.17) is 14.2 Å². The number of nitrogens with zero attached hydrogens (tertiary/aromatic N) is 1. The highest BCUT2D eigenvalue weighted by molar-refractivity contribution is 5.25. The molecule has 9 atom stereocenters. The highest BCUT2D eigenvalue weighted by atomic mass is 16.5. The fourth-order valence-electron chi connectivity index (χ4n) is 14.0. The normalized spacial score (nSPS) is 29.9. The standard InChI is InChI=1S/C58H105NO3/c1-7-8-9-10-11-12-13-14-15-16-17-18-19-20-21-26-42-60-46-51(59-40-24-25-41-59)47-61-43-27-22-23-28-44-62-52-36-38-57(5)50(45-52)32-33-53-55-35-34-54(49(4)31-29-30-48(2)3)58(55,6)39-37-56(53)57/h14-15,32,48-49,51-56H,7-13,16-31,33-47H2,1-6H3/t49-,51-,52+,53+,54-,55+,56+,57+,58-/m1/s1. The van der Waals surface area contributed by atoms with Crippen molar-refractivity contribution in [3.63, 3.8) is 0 Å². The Labute approximate surface area is 386 Å². The molecule has 1 saturated heterocycles. The molecule has 4 fully saturated rings. The number of unbranched alkanes of at least 4 members (excludes halogenated alkanes) is 15. The van der Waals surface area contributed by atoms with Crippen molar-refractivity contribution in [2.45, 2.75) is 253 Å². The number of hydrogen-bond donors (Lipinski definition) is 0. The van der Waals surface area contributed by atoms with E-state index in [2.05, 4.69) is 64.7 Å². The van der Waals surface area contributed by atoms with Gasteiger partial charge in [-0.1, -0.05) is 155 Å². The minimum Gasteiger partial charge on any atom is -0.380 e. The van der Waals surface area contributed by atoms with Gasteiger partial charge in [-0.25, -0.2) is 0 Å². The lowest BCUT2D eigenvalue weighted by Crippen LogP contribution is -2.51. The zero-order valence-electron chi connectivity index (χ0n) is 42.4. The summed E-state index contributed by atoms with van der Waals surface area (Å²) >= 11 is 0. The van der Waals surface area contributed by atoms with E-state index in [-0.39, 0.29) is 0 Å². The molecular formula is C58H105NO3. The van der Waals surface area contributed by atoms with Crippen LogP contribution in [0.1, 0.15) is 241 Å². The van der Waals surface area contributed by atoms with Crippen molar-refractivity contribution in [1.82, 2.24) is 4.90 Å². The van der Waals surface area contributed by atoms with Crippen LogP contribution in [0.15, 0.2) is 23.8 Å². The monoisotopic (exact) mass is 864 g/mol. The highest BCUT2D eigenvalue weighted by Gasteiger charge is 2.59. The Hall–Kier alpha value is -0.680. The average molecular weight is 864 g/mol. The lowest BCUT2D eigenvalue weighted by molar-refractivity contribution is -0.0641. The first-order valence-electron chi connectivity index (χ1n) is 28.1. The van der Waals surface area contributed by atoms with E-state index >= 15 is 0 Å². The molecule has 62 heavy (non-hydrogen) atoms. The molecule has 3 saturated carbocycles. The van der Waals surface area contributed by atoms with E-state index in [1.807, 2.05) is 0 Å². The molecule has 5 rings (SSSR count). The van der Waals surface area contributed by atoms with Crippen LogP contribution in [0.25, 0.3) is 0 Å². The number of hydrogen-bond acceptors (Lipinski definition) is 4. The first-order chi connectivity index (χ1) is 30.3. The summed E-state index contributed by atoms with van der Waals surface area (Å²) in [7, 11) is 0. The van der Waals surface area contributed by atoms with Gasteiger partial charge in [0.25, 0.3) is 0 Å². The predicted molar refractivity (Wildman–Crippen MR) is 267 cm³/mol. The molecule has 0 aromatic rings. The molecule has 0 radical (unpaired) electrons. The van der Waals surface area contributed by atoms with E-state index in [9.17, 15) is 0 Å². The minimum absolute atomic E-state index is 0.425. The van der Waals surface area contributed by atoms with E-state index in [0.29, 0.717) is 23.0 Å². The first kappa shape index (κ1) is 52.3. The van der Waals surface area contributed by atoms with Crippen LogP contribution in [0.3, 0.4) is 0 Å². The predicted octanol–water partition coefficient (Wildman–Crippen LogP) is 16.5. The maximum Gasteiger partial charge on any atom is 0.0644 e. The summed E-state index contributed by atoms with van der Waals surface area (Å²) in [5, 5.41) is 0. The fourth-order valence-corrected chi connectivity index (χ4v) is 14.0. The van der Waals surface area contributed by atoms with Crippen LogP contribution in [0, 0.1) is 46.3 Å². The molecule has 4 aliphatic carbocycles. The summed E-state index contributed by atoms with van der Waals surface area (Å²) in [5.74, 6) is 5.49. The summed E-state index contributed by atoms with van der Waals surface area (Å²) in [4.78, 5) is 2.63. The molecule has 4 heteroatoms. The van der Waals surface area contributed by atoms with Crippen LogP contribution in [-0.2, 0) is 14.2 Å². The van der Waals surface area contributed by atoms with Crippen LogP contribution < -0.4 is 0 Å². The van der Waals surface area contributed by atoms with Crippen LogP contribution in [0.4, 0.5) is 0 Å². The topological polar surface area (TPSA) is 30.9 Å². The Morgan fingerprint density at radius 2 is 1.27 bits per heavy atom. The van der Waals surface area contributed by atoms with Crippen molar-refractivity contribution in [1.29, 1.82) is 0 Å². The van der Waals surface area contributed by atoms with Crippen LogP contribution in [0.2, 0.25) is 0 Å². The molecule has 1 aliphatic heterocycles. The second kappa shape index (κ2) is 29.2. The molecule has 0 spiro atoms. The maximum absolute atomic E-state index is 6.62. The molecule has 0 bridgehead atoms. The minimum atomic E-state index is 0.425. The summed E-state index contributed by atoms with van der Waals surface area (Å²) in [6.07, 6.45) is 49.9. The van der Waals surface area contributed by atoms with Gasteiger partial charge in [0, 0.05) is 19.8 Å². The Balaban J connectivity index is 0.863. The van der Waals surface area contributed by atoms with Crippen molar-refractivity contribution in [3.05, 3.63) is 23.8 Å². The zero-order valence-corrected chi connectivity index (χ0v) is 42.4. The van der Waals surface area contributed by atoms with Gasteiger partial charge in [-0.3, -0.25) is 4.90 Å². The molecular weight excluding hydrogens is 759 g/mol. The first-order valence-corrected chi connectivity index (χ1v) is 28.1. The van der Waals surface area contributed by atoms with Crippen molar-refractivity contribution >= 4 is 0 Å². The SMILES string of the molecule is CCCCCCCCC=CCCCCCCCCOC[C@H](COCCCCCCO[C@H]1CC[C@@]2(C)C(=CC[C@H]3[C@@H]4CC[C@H]([C@H](C)CCCC(C)C)[C@@]4(C)CC[C@@H]32)C1)N1CCCC1. The lowest BCUT2D eigenvalue weighted by Gasteiger charge is -2.58. The molecule has 0 aromatic heterocycles. The van der Waals surface area contributed by atoms with Crippen LogP contribution in [0.5, 0.6) is 0 Å². The second-order valence-corrected chi connectivity index (χ2v) is 22.9. The van der Waals surface area contributed by atoms with E-state index in [0.717, 1.165) is 75.0 Å². The molecule has 0 N–H and O–H groups in total. The van der Waals surface area contributed by atoms with Gasteiger partial charge in [-0.2, -0.15) is 0 Å². The van der Waals surface area contributed by atoms with Crippen molar-refractivity contribution in [3.8, 4) is 0 Å². The summed E-state index contributed by atoms with van der Waals surface area (Å²) in [6.45, 7) is 21.9. The third-order valence-corrected chi connectivity index (χ3v) is 17.9. The summed E-state index contributed by atoms with van der Waals surface area (Å²) < 4.78 is 19.2. The van der Waals surface area contributed by atoms with Gasteiger partial charge in [0.1, 0.15) is 0 Å². The molecule has 360 valence electrons. The van der Waals surface area contributed by atoms with Gasteiger partial charge < -0.3 is 14.2 Å². The van der Waals surface area contributed by atoms with Crippen molar-refractivity contribution < 1.29 is 14.2 Å². The lowest BCUT2D eigenvalue weighted by atomic mass is 9.47. The Kier molecular flexibility index (Phi) is 24.6. The highest BCUT2D eigenvalue weighted by Crippen LogP contribution is 2.67. The molecule has 0 amide bonds. The average Bonchev–Trinajstić information content (AvgIpc) is 3.93. The second-order valence-electron chi connectivity index (χ2n) is 22.9. The van der Waals surface area contributed by atoms with Crippen molar-refractivity contribution in [2.75, 3.05) is 46.1 Å². The van der Waals surface area contributed by atoms with Crippen LogP contribution >= 0.6 is 0 Å². The molecule has 4 nitrogen and oxygen atoms in total. The Morgan fingerprint density at radius 1 is 0.661 bits per heavy atom. The zero-order chi connectivity index (χ0) is 43.9. The third-order valence-electron chi connectivity index (χ3n) is 17.9. The van der Waals surface area contributed by atoms with E-state index in [1.54, 1.807) is 5.57 Å². The quantitative estimate of drug-likeness (QED) is 0.0476. The number of allylic oxidation sites excluding steroid dienone is 3. The number of fused-ring (bicyclic) bond motifs is 5. The smallest absolute Gasteiger partial charge is 0.0644 e.